The van der Waals surface area contributed by atoms with Gasteiger partial charge in [-0.05, 0) is 24.6 Å². The third-order valence-electron chi connectivity index (χ3n) is 4.48. The van der Waals surface area contributed by atoms with Gasteiger partial charge in [-0.15, -0.1) is 0 Å². The smallest absolute Gasteiger partial charge is 0.278 e. The lowest BCUT2D eigenvalue weighted by Crippen LogP contribution is -2.32. The first-order valence-electron chi connectivity index (χ1n) is 9.42. The van der Waals surface area contributed by atoms with Crippen LogP contribution in [0.2, 0.25) is 0 Å². The summed E-state index contributed by atoms with van der Waals surface area (Å²) in [5.74, 6) is 1.09. The first-order valence-corrected chi connectivity index (χ1v) is 9.42. The van der Waals surface area contributed by atoms with Crippen molar-refractivity contribution in [1.29, 1.82) is 0 Å². The Kier molecular flexibility index (Phi) is 5.52. The summed E-state index contributed by atoms with van der Waals surface area (Å²) in [6.07, 6.45) is 7.03. The fraction of sp³-hybridized carbons (Fsp3) is 0.174. The second-order valence-corrected chi connectivity index (χ2v) is 6.60. The lowest BCUT2D eigenvalue weighted by atomic mass is 10.2. The number of rotatable bonds is 5. The molecule has 0 radical (unpaired) electrons. The summed E-state index contributed by atoms with van der Waals surface area (Å²) in [5, 5.41) is 0. The van der Waals surface area contributed by atoms with Crippen molar-refractivity contribution in [1.82, 2.24) is 9.97 Å². The molecule has 0 unspecified atom stereocenters. The zero-order chi connectivity index (χ0) is 20.1. The van der Waals surface area contributed by atoms with Crippen LogP contribution in [0.4, 0.5) is 5.69 Å². The number of fused-ring (bicyclic) bond motifs is 1. The quantitative estimate of drug-likeness (QED) is 0.664. The maximum Gasteiger partial charge on any atom is 0.278 e. The first kappa shape index (κ1) is 18.7. The normalized spacial score (nSPS) is 12.7. The molecule has 3 aromatic rings. The number of hydrogen-bond donors (Lipinski definition) is 0. The third-order valence-corrected chi connectivity index (χ3v) is 4.48. The summed E-state index contributed by atoms with van der Waals surface area (Å²) in [5.41, 5.74) is 2.83. The summed E-state index contributed by atoms with van der Waals surface area (Å²) in [6, 6.07) is 15.4. The molecule has 0 N–H and O–H groups in total. The summed E-state index contributed by atoms with van der Waals surface area (Å²) in [6.45, 7) is 3.22. The molecule has 0 saturated heterocycles. The molecule has 0 atom stereocenters. The molecular formula is C23H21N3O3. The highest BCUT2D eigenvalue weighted by Crippen LogP contribution is 2.34. The van der Waals surface area contributed by atoms with Gasteiger partial charge in [0.25, 0.3) is 5.91 Å². The molecule has 1 aliphatic heterocycles. The van der Waals surface area contributed by atoms with Gasteiger partial charge in [0.1, 0.15) is 18.9 Å². The Bertz CT molecular complexity index is 1020. The van der Waals surface area contributed by atoms with Crippen LogP contribution < -0.4 is 14.4 Å². The van der Waals surface area contributed by atoms with Gasteiger partial charge in [0.05, 0.1) is 11.9 Å². The van der Waals surface area contributed by atoms with Gasteiger partial charge in [-0.3, -0.25) is 9.78 Å². The largest absolute Gasteiger partial charge is 0.486 e. The van der Waals surface area contributed by atoms with Crippen molar-refractivity contribution in [2.45, 2.75) is 6.92 Å². The maximum absolute atomic E-state index is 13.2. The fourth-order valence-corrected chi connectivity index (χ4v) is 3.01. The van der Waals surface area contributed by atoms with Gasteiger partial charge in [-0.1, -0.05) is 42.5 Å². The van der Waals surface area contributed by atoms with Crippen LogP contribution in [-0.4, -0.2) is 35.6 Å². The van der Waals surface area contributed by atoms with Crippen molar-refractivity contribution in [3.8, 4) is 11.5 Å². The number of aromatic nitrogens is 2. The first-order chi connectivity index (χ1) is 14.2. The van der Waals surface area contributed by atoms with E-state index in [2.05, 4.69) is 9.97 Å². The number of hydrogen-bond acceptors (Lipinski definition) is 5. The molecule has 2 heterocycles. The lowest BCUT2D eigenvalue weighted by Gasteiger charge is -2.24. The van der Waals surface area contributed by atoms with Crippen molar-refractivity contribution in [3.63, 3.8) is 0 Å². The van der Waals surface area contributed by atoms with E-state index >= 15 is 0 Å². The van der Waals surface area contributed by atoms with E-state index in [0.717, 1.165) is 11.3 Å². The number of carbonyl (C=O) groups is 1. The Hall–Kier alpha value is -3.67. The number of carbonyl (C=O) groups excluding carboxylic acids is 1. The molecule has 1 aliphatic rings. The highest BCUT2D eigenvalue weighted by atomic mass is 16.6. The molecule has 0 aliphatic carbocycles. The molecule has 0 saturated carbocycles. The van der Waals surface area contributed by atoms with Crippen LogP contribution in [0.3, 0.4) is 0 Å². The van der Waals surface area contributed by atoms with Gasteiger partial charge in [0.2, 0.25) is 0 Å². The topological polar surface area (TPSA) is 64.6 Å². The minimum atomic E-state index is -0.230. The summed E-state index contributed by atoms with van der Waals surface area (Å²) in [7, 11) is 0. The number of ether oxygens (including phenoxy) is 2. The maximum atomic E-state index is 13.2. The second kappa shape index (κ2) is 8.56. The average molecular weight is 387 g/mol. The minimum Gasteiger partial charge on any atom is -0.486 e. The van der Waals surface area contributed by atoms with Crippen LogP contribution in [-0.2, 0) is 0 Å². The van der Waals surface area contributed by atoms with Gasteiger partial charge in [-0.2, -0.15) is 0 Å². The molecule has 146 valence electrons. The zero-order valence-corrected chi connectivity index (χ0v) is 16.1. The van der Waals surface area contributed by atoms with Crippen LogP contribution >= 0.6 is 0 Å². The Morgan fingerprint density at radius 3 is 2.59 bits per heavy atom. The van der Waals surface area contributed by atoms with E-state index in [9.17, 15) is 4.79 Å². The van der Waals surface area contributed by atoms with E-state index in [1.54, 1.807) is 11.1 Å². The average Bonchev–Trinajstić information content (AvgIpc) is 2.77. The number of anilines is 1. The Morgan fingerprint density at radius 1 is 1.03 bits per heavy atom. The lowest BCUT2D eigenvalue weighted by molar-refractivity contribution is 0.0984. The van der Waals surface area contributed by atoms with Crippen molar-refractivity contribution in [2.24, 2.45) is 0 Å². The molecule has 1 amide bonds. The standard InChI is InChI=1S/C23H21N3O3/c1-17-15-25-20(16-24-17)23(27)26(11-5-8-18-6-3-2-4-7-18)19-9-10-21-22(14-19)29-13-12-28-21/h2-10,14-16H,11-13H2,1H3/b8-5+. The molecule has 4 rings (SSSR count). The summed E-state index contributed by atoms with van der Waals surface area (Å²) >= 11 is 0. The number of benzene rings is 2. The van der Waals surface area contributed by atoms with Gasteiger partial charge in [-0.25, -0.2) is 4.98 Å². The Morgan fingerprint density at radius 2 is 1.83 bits per heavy atom. The van der Waals surface area contributed by atoms with Crippen LogP contribution in [0.15, 0.2) is 67.0 Å². The van der Waals surface area contributed by atoms with Crippen LogP contribution in [0.25, 0.3) is 6.08 Å². The van der Waals surface area contributed by atoms with Crippen LogP contribution in [0, 0.1) is 6.92 Å². The molecule has 0 bridgehead atoms. The molecule has 0 spiro atoms. The predicted octanol–water partition coefficient (Wildman–Crippen LogP) is 3.92. The third kappa shape index (κ3) is 4.43. The summed E-state index contributed by atoms with van der Waals surface area (Å²) < 4.78 is 11.3. The predicted molar refractivity (Wildman–Crippen MR) is 111 cm³/mol. The minimum absolute atomic E-state index is 0.230. The second-order valence-electron chi connectivity index (χ2n) is 6.60. The van der Waals surface area contributed by atoms with E-state index in [1.807, 2.05) is 67.6 Å². The molecule has 29 heavy (non-hydrogen) atoms. The van der Waals surface area contributed by atoms with E-state index in [1.165, 1.54) is 6.20 Å². The van der Waals surface area contributed by atoms with Gasteiger partial charge < -0.3 is 14.4 Å². The van der Waals surface area contributed by atoms with Gasteiger partial charge in [0, 0.05) is 24.5 Å². The SMILES string of the molecule is Cc1cnc(C(=O)N(C/C=C/c2ccccc2)c2ccc3c(c2)OCCO3)cn1. The Labute approximate surface area is 169 Å². The van der Waals surface area contributed by atoms with Crippen molar-refractivity contribution < 1.29 is 14.3 Å². The number of aryl methyl sites for hydroxylation is 1. The summed E-state index contributed by atoms with van der Waals surface area (Å²) in [4.78, 5) is 23.3. The van der Waals surface area contributed by atoms with E-state index in [0.29, 0.717) is 42.6 Å². The molecule has 6 heteroatoms. The Balaban J connectivity index is 1.63. The van der Waals surface area contributed by atoms with E-state index in [-0.39, 0.29) is 5.91 Å². The molecular weight excluding hydrogens is 366 g/mol. The molecule has 2 aromatic carbocycles. The molecule has 6 nitrogen and oxygen atoms in total. The fourth-order valence-electron chi connectivity index (χ4n) is 3.01. The number of amides is 1. The van der Waals surface area contributed by atoms with Gasteiger partial charge >= 0.3 is 0 Å². The van der Waals surface area contributed by atoms with Crippen molar-refractivity contribution in [2.75, 3.05) is 24.7 Å². The highest BCUT2D eigenvalue weighted by molar-refractivity contribution is 6.05. The van der Waals surface area contributed by atoms with E-state index in [4.69, 9.17) is 9.47 Å². The highest BCUT2D eigenvalue weighted by Gasteiger charge is 2.21. The monoisotopic (exact) mass is 387 g/mol. The number of nitrogens with zero attached hydrogens (tertiary/aromatic N) is 3. The molecule has 1 aromatic heterocycles. The van der Waals surface area contributed by atoms with Gasteiger partial charge in [0.15, 0.2) is 11.5 Å². The van der Waals surface area contributed by atoms with Crippen molar-refractivity contribution >= 4 is 17.7 Å². The molecule has 0 fully saturated rings. The zero-order valence-electron chi connectivity index (χ0n) is 16.1. The van der Waals surface area contributed by atoms with Crippen molar-refractivity contribution in [3.05, 3.63) is 84.0 Å². The van der Waals surface area contributed by atoms with E-state index < -0.39 is 0 Å². The van der Waals surface area contributed by atoms with Crippen LogP contribution in [0.5, 0.6) is 11.5 Å². The van der Waals surface area contributed by atoms with Crippen LogP contribution in [0.1, 0.15) is 21.7 Å².